The molecule has 0 aromatic heterocycles. The smallest absolute Gasteiger partial charge is 0.119 e. The summed E-state index contributed by atoms with van der Waals surface area (Å²) in [6, 6.07) is 6.14. The van der Waals surface area contributed by atoms with Crippen LogP contribution in [-0.2, 0) is 11.2 Å². The average Bonchev–Trinajstić information content (AvgIpc) is 2.74. The molecule has 0 spiro atoms. The van der Waals surface area contributed by atoms with Crippen molar-refractivity contribution < 1.29 is 9.47 Å². The second kappa shape index (κ2) is 5.93. The summed E-state index contributed by atoms with van der Waals surface area (Å²) in [5.41, 5.74) is 1.47. The number of alkyl halides is 1. The van der Waals surface area contributed by atoms with E-state index in [-0.39, 0.29) is 11.5 Å². The molecular weight excluding hydrogens is 360 g/mol. The minimum atomic E-state index is 0.189. The van der Waals surface area contributed by atoms with Crippen molar-refractivity contribution in [1.82, 2.24) is 0 Å². The van der Waals surface area contributed by atoms with Gasteiger partial charge in [0.1, 0.15) is 5.75 Å². The summed E-state index contributed by atoms with van der Waals surface area (Å²) in [6.07, 6.45) is 2.38. The van der Waals surface area contributed by atoms with Crippen molar-refractivity contribution >= 4 is 31.9 Å². The first-order valence-corrected chi connectivity index (χ1v) is 8.03. The molecule has 1 aliphatic rings. The van der Waals surface area contributed by atoms with E-state index in [1.54, 1.807) is 7.11 Å². The van der Waals surface area contributed by atoms with Gasteiger partial charge in [-0.3, -0.25) is 0 Å². The Bertz CT molecular complexity index is 422. The van der Waals surface area contributed by atoms with Crippen molar-refractivity contribution in [3.8, 4) is 5.75 Å². The third kappa shape index (κ3) is 2.75. The second-order valence-electron chi connectivity index (χ2n) is 4.89. The fourth-order valence-electron chi connectivity index (χ4n) is 2.47. The Kier molecular flexibility index (Phi) is 4.73. The summed E-state index contributed by atoms with van der Waals surface area (Å²) in [5.74, 6) is 0.907. The predicted octanol–water partition coefficient (Wildman–Crippen LogP) is 4.19. The van der Waals surface area contributed by atoms with Gasteiger partial charge in [0.25, 0.3) is 0 Å². The molecule has 2 rings (SSSR count). The van der Waals surface area contributed by atoms with Crippen LogP contribution in [0.2, 0.25) is 0 Å². The highest BCUT2D eigenvalue weighted by Gasteiger charge is 2.40. The SMILES string of the molecule is COc1ccc(Br)c(CC2(CBr)CCOC2C)c1. The standard InChI is InChI=1S/C14H18Br2O2/c1-10-14(9-15,5-6-18-10)8-11-7-12(17-2)3-4-13(11)16/h3-4,7,10H,5-6,8-9H2,1-2H3. The maximum Gasteiger partial charge on any atom is 0.119 e. The van der Waals surface area contributed by atoms with Crippen molar-refractivity contribution in [3.63, 3.8) is 0 Å². The molecule has 0 N–H and O–H groups in total. The van der Waals surface area contributed by atoms with E-state index in [9.17, 15) is 0 Å². The highest BCUT2D eigenvalue weighted by atomic mass is 79.9. The molecule has 2 nitrogen and oxygen atoms in total. The van der Waals surface area contributed by atoms with E-state index < -0.39 is 0 Å². The van der Waals surface area contributed by atoms with Crippen LogP contribution in [0, 0.1) is 5.41 Å². The lowest BCUT2D eigenvalue weighted by Gasteiger charge is -2.30. The summed E-state index contributed by atoms with van der Waals surface area (Å²) < 4.78 is 12.2. The van der Waals surface area contributed by atoms with E-state index in [2.05, 4.69) is 50.9 Å². The van der Waals surface area contributed by atoms with Crippen LogP contribution < -0.4 is 4.74 Å². The Morgan fingerprint density at radius 3 is 2.83 bits per heavy atom. The van der Waals surface area contributed by atoms with Gasteiger partial charge in [-0.25, -0.2) is 0 Å². The summed E-state index contributed by atoms with van der Waals surface area (Å²) in [7, 11) is 1.70. The zero-order valence-electron chi connectivity index (χ0n) is 10.7. The minimum absolute atomic E-state index is 0.189. The summed E-state index contributed by atoms with van der Waals surface area (Å²) in [6.45, 7) is 3.02. The van der Waals surface area contributed by atoms with Crippen LogP contribution in [0.15, 0.2) is 22.7 Å². The van der Waals surface area contributed by atoms with Gasteiger partial charge in [-0.2, -0.15) is 0 Å². The lowest BCUT2D eigenvalue weighted by molar-refractivity contribution is 0.0745. The van der Waals surface area contributed by atoms with E-state index in [4.69, 9.17) is 9.47 Å². The molecule has 0 saturated carbocycles. The predicted molar refractivity (Wildman–Crippen MR) is 80.7 cm³/mol. The lowest BCUT2D eigenvalue weighted by atomic mass is 9.78. The van der Waals surface area contributed by atoms with Gasteiger partial charge in [0.05, 0.1) is 13.2 Å². The fraction of sp³-hybridized carbons (Fsp3) is 0.571. The molecule has 18 heavy (non-hydrogen) atoms. The second-order valence-corrected chi connectivity index (χ2v) is 6.31. The van der Waals surface area contributed by atoms with Gasteiger partial charge >= 0.3 is 0 Å². The first-order chi connectivity index (χ1) is 8.61. The molecule has 4 heteroatoms. The number of hydrogen-bond acceptors (Lipinski definition) is 2. The molecule has 1 aromatic carbocycles. The number of methoxy groups -OCH3 is 1. The first kappa shape index (κ1) is 14.4. The molecule has 0 amide bonds. The number of halogens is 2. The molecule has 100 valence electrons. The molecule has 1 aliphatic heterocycles. The van der Waals surface area contributed by atoms with Gasteiger partial charge in [0.2, 0.25) is 0 Å². The summed E-state index contributed by atoms with van der Waals surface area (Å²) in [4.78, 5) is 0. The Hall–Kier alpha value is -0.0600. The minimum Gasteiger partial charge on any atom is -0.497 e. The van der Waals surface area contributed by atoms with Crippen LogP contribution >= 0.6 is 31.9 Å². The lowest BCUT2D eigenvalue weighted by Crippen LogP contribution is -2.33. The van der Waals surface area contributed by atoms with Crippen molar-refractivity contribution in [2.24, 2.45) is 5.41 Å². The molecule has 0 aliphatic carbocycles. The van der Waals surface area contributed by atoms with Gasteiger partial charge in [-0.1, -0.05) is 31.9 Å². The quantitative estimate of drug-likeness (QED) is 0.732. The first-order valence-electron chi connectivity index (χ1n) is 6.11. The van der Waals surface area contributed by atoms with E-state index in [1.807, 2.05) is 6.07 Å². The number of benzene rings is 1. The third-order valence-electron chi connectivity index (χ3n) is 3.89. The zero-order valence-corrected chi connectivity index (χ0v) is 13.9. The van der Waals surface area contributed by atoms with Crippen molar-refractivity contribution in [2.75, 3.05) is 19.0 Å². The van der Waals surface area contributed by atoms with E-state index >= 15 is 0 Å². The Morgan fingerprint density at radius 2 is 2.28 bits per heavy atom. The highest BCUT2D eigenvalue weighted by Crippen LogP contribution is 2.41. The van der Waals surface area contributed by atoms with E-state index in [0.717, 1.165) is 35.0 Å². The molecule has 1 saturated heterocycles. The van der Waals surface area contributed by atoms with Crippen LogP contribution in [0.25, 0.3) is 0 Å². The molecule has 2 unspecified atom stereocenters. The molecule has 0 radical (unpaired) electrons. The van der Waals surface area contributed by atoms with Gasteiger partial charge in [0, 0.05) is 21.8 Å². The van der Waals surface area contributed by atoms with Gasteiger partial charge in [-0.05, 0) is 43.5 Å². The number of rotatable bonds is 4. The van der Waals surface area contributed by atoms with Gasteiger partial charge in [0.15, 0.2) is 0 Å². The van der Waals surface area contributed by atoms with Crippen LogP contribution in [0.4, 0.5) is 0 Å². The molecular formula is C14H18Br2O2. The Labute approximate surface area is 125 Å². The summed E-state index contributed by atoms with van der Waals surface area (Å²) >= 11 is 7.29. The van der Waals surface area contributed by atoms with Crippen LogP contribution in [-0.4, -0.2) is 25.2 Å². The number of hydrogen-bond donors (Lipinski definition) is 0. The molecule has 0 bridgehead atoms. The van der Waals surface area contributed by atoms with E-state index in [0.29, 0.717) is 0 Å². The maximum atomic E-state index is 5.75. The normalized spacial score (nSPS) is 27.4. The molecule has 1 aromatic rings. The van der Waals surface area contributed by atoms with Crippen molar-refractivity contribution in [1.29, 1.82) is 0 Å². The fourth-order valence-corrected chi connectivity index (χ4v) is 3.79. The number of ether oxygens (including phenoxy) is 2. The topological polar surface area (TPSA) is 18.5 Å². The van der Waals surface area contributed by atoms with Crippen molar-refractivity contribution in [2.45, 2.75) is 25.9 Å². The maximum absolute atomic E-state index is 5.75. The molecule has 1 fully saturated rings. The van der Waals surface area contributed by atoms with E-state index in [1.165, 1.54) is 5.56 Å². The van der Waals surface area contributed by atoms with Gasteiger partial charge < -0.3 is 9.47 Å². The summed E-state index contributed by atoms with van der Waals surface area (Å²) in [5, 5.41) is 0.963. The van der Waals surface area contributed by atoms with Crippen LogP contribution in [0.5, 0.6) is 5.75 Å². The zero-order chi connectivity index (χ0) is 13.2. The van der Waals surface area contributed by atoms with Crippen LogP contribution in [0.1, 0.15) is 18.9 Å². The van der Waals surface area contributed by atoms with Crippen molar-refractivity contribution in [3.05, 3.63) is 28.2 Å². The molecule has 1 heterocycles. The highest BCUT2D eigenvalue weighted by molar-refractivity contribution is 9.10. The largest absolute Gasteiger partial charge is 0.497 e. The molecule has 2 atom stereocenters. The van der Waals surface area contributed by atoms with Crippen LogP contribution in [0.3, 0.4) is 0 Å². The average molecular weight is 378 g/mol. The third-order valence-corrected chi connectivity index (χ3v) is 5.78. The van der Waals surface area contributed by atoms with Gasteiger partial charge in [-0.15, -0.1) is 0 Å². The Morgan fingerprint density at radius 1 is 1.50 bits per heavy atom. The monoisotopic (exact) mass is 376 g/mol. The Balaban J connectivity index is 2.27.